The summed E-state index contributed by atoms with van der Waals surface area (Å²) in [6.45, 7) is 4.08. The summed E-state index contributed by atoms with van der Waals surface area (Å²) in [6.07, 6.45) is 0. The fourth-order valence-electron chi connectivity index (χ4n) is 2.02. The SMILES string of the molecule is CCOc1ccc(-c2ccc(=O)n([C@H](C)C(=O)OC)n2)cc1. The zero-order valence-corrected chi connectivity index (χ0v) is 12.8. The van der Waals surface area contributed by atoms with Crippen LogP contribution in [0.1, 0.15) is 19.9 Å². The molecule has 1 heterocycles. The van der Waals surface area contributed by atoms with Gasteiger partial charge in [-0.2, -0.15) is 5.10 Å². The van der Waals surface area contributed by atoms with E-state index in [2.05, 4.69) is 9.84 Å². The molecule has 2 aromatic rings. The summed E-state index contributed by atoms with van der Waals surface area (Å²) in [5.41, 5.74) is 1.07. The molecule has 0 aliphatic carbocycles. The molecule has 22 heavy (non-hydrogen) atoms. The zero-order valence-electron chi connectivity index (χ0n) is 12.8. The van der Waals surface area contributed by atoms with Gasteiger partial charge in [0.15, 0.2) is 6.04 Å². The maximum atomic E-state index is 11.9. The maximum Gasteiger partial charge on any atom is 0.330 e. The highest BCUT2D eigenvalue weighted by atomic mass is 16.5. The van der Waals surface area contributed by atoms with Gasteiger partial charge in [0.2, 0.25) is 0 Å². The Bertz CT molecular complexity index is 707. The molecular formula is C16H18N2O4. The van der Waals surface area contributed by atoms with E-state index in [0.29, 0.717) is 12.3 Å². The molecule has 116 valence electrons. The van der Waals surface area contributed by atoms with Crippen LogP contribution in [0.3, 0.4) is 0 Å². The minimum absolute atomic E-state index is 0.354. The Morgan fingerprint density at radius 3 is 2.50 bits per heavy atom. The van der Waals surface area contributed by atoms with Crippen LogP contribution in [0, 0.1) is 0 Å². The number of benzene rings is 1. The molecule has 0 aliphatic rings. The molecule has 0 aliphatic heterocycles. The standard InChI is InChI=1S/C16H18N2O4/c1-4-22-13-7-5-12(6-8-13)14-9-10-15(19)18(17-14)11(2)16(20)21-3/h5-11H,4H2,1-3H3/t11-/m1/s1. The van der Waals surface area contributed by atoms with Crippen molar-refractivity contribution >= 4 is 5.97 Å². The van der Waals surface area contributed by atoms with Gasteiger partial charge in [-0.3, -0.25) is 4.79 Å². The molecular weight excluding hydrogens is 284 g/mol. The summed E-state index contributed by atoms with van der Waals surface area (Å²) in [5, 5.41) is 4.25. The smallest absolute Gasteiger partial charge is 0.330 e. The Balaban J connectivity index is 2.36. The predicted octanol–water partition coefficient (Wildman–Crippen LogP) is 2.04. The number of methoxy groups -OCH3 is 1. The van der Waals surface area contributed by atoms with Crippen molar-refractivity contribution in [1.29, 1.82) is 0 Å². The second kappa shape index (κ2) is 6.89. The first-order valence-electron chi connectivity index (χ1n) is 6.97. The lowest BCUT2D eigenvalue weighted by molar-refractivity contribution is -0.144. The first kappa shape index (κ1) is 15.8. The third kappa shape index (κ3) is 3.33. The first-order valence-corrected chi connectivity index (χ1v) is 6.97. The number of hydrogen-bond acceptors (Lipinski definition) is 5. The van der Waals surface area contributed by atoms with Gasteiger partial charge in [0.25, 0.3) is 5.56 Å². The number of rotatable bonds is 5. The molecule has 0 saturated carbocycles. The van der Waals surface area contributed by atoms with Crippen LogP contribution in [0.15, 0.2) is 41.2 Å². The molecule has 0 radical (unpaired) electrons. The molecule has 0 saturated heterocycles. The lowest BCUT2D eigenvalue weighted by Gasteiger charge is -2.12. The van der Waals surface area contributed by atoms with Gasteiger partial charge in [-0.15, -0.1) is 0 Å². The summed E-state index contributed by atoms with van der Waals surface area (Å²) in [7, 11) is 1.28. The van der Waals surface area contributed by atoms with E-state index >= 15 is 0 Å². The van der Waals surface area contributed by atoms with Crippen molar-refractivity contribution in [2.75, 3.05) is 13.7 Å². The van der Waals surface area contributed by atoms with Crippen molar-refractivity contribution in [3.63, 3.8) is 0 Å². The molecule has 0 spiro atoms. The van der Waals surface area contributed by atoms with Crippen molar-refractivity contribution in [2.24, 2.45) is 0 Å². The van der Waals surface area contributed by atoms with E-state index in [1.54, 1.807) is 13.0 Å². The van der Waals surface area contributed by atoms with Crippen LogP contribution in [0.4, 0.5) is 0 Å². The van der Waals surface area contributed by atoms with E-state index in [9.17, 15) is 9.59 Å². The van der Waals surface area contributed by atoms with Crippen molar-refractivity contribution in [3.8, 4) is 17.0 Å². The normalized spacial score (nSPS) is 11.8. The Hall–Kier alpha value is -2.63. The van der Waals surface area contributed by atoms with Crippen LogP contribution in [0.25, 0.3) is 11.3 Å². The summed E-state index contributed by atoms with van der Waals surface area (Å²) >= 11 is 0. The quantitative estimate of drug-likeness (QED) is 0.790. The van der Waals surface area contributed by atoms with Gasteiger partial charge >= 0.3 is 5.97 Å². The second-order valence-electron chi connectivity index (χ2n) is 4.66. The van der Waals surface area contributed by atoms with Crippen LogP contribution in [-0.2, 0) is 9.53 Å². The zero-order chi connectivity index (χ0) is 16.1. The monoisotopic (exact) mass is 302 g/mol. The minimum atomic E-state index is -0.778. The van der Waals surface area contributed by atoms with Gasteiger partial charge in [-0.1, -0.05) is 0 Å². The summed E-state index contributed by atoms with van der Waals surface area (Å²) in [5.74, 6) is 0.251. The number of ether oxygens (including phenoxy) is 2. The van der Waals surface area contributed by atoms with Crippen molar-refractivity contribution in [1.82, 2.24) is 9.78 Å². The number of aromatic nitrogens is 2. The molecule has 0 fully saturated rings. The molecule has 2 rings (SSSR count). The molecule has 6 nitrogen and oxygen atoms in total. The predicted molar refractivity (Wildman–Crippen MR) is 81.8 cm³/mol. The first-order chi connectivity index (χ1) is 10.6. The summed E-state index contributed by atoms with van der Waals surface area (Å²) in [6, 6.07) is 9.60. The number of esters is 1. The van der Waals surface area contributed by atoms with Gasteiger partial charge in [0.05, 0.1) is 19.4 Å². The van der Waals surface area contributed by atoms with E-state index in [4.69, 9.17) is 4.74 Å². The Kier molecular flexibility index (Phi) is 4.93. The summed E-state index contributed by atoms with van der Waals surface area (Å²) < 4.78 is 11.2. The Labute approximate surface area is 128 Å². The highest BCUT2D eigenvalue weighted by Gasteiger charge is 2.18. The van der Waals surface area contributed by atoms with E-state index < -0.39 is 12.0 Å². The topological polar surface area (TPSA) is 70.4 Å². The van der Waals surface area contributed by atoms with E-state index in [1.165, 1.54) is 13.2 Å². The molecule has 1 aromatic heterocycles. The van der Waals surface area contributed by atoms with Crippen LogP contribution < -0.4 is 10.3 Å². The third-order valence-corrected chi connectivity index (χ3v) is 3.20. The van der Waals surface area contributed by atoms with Crippen molar-refractivity contribution < 1.29 is 14.3 Å². The highest BCUT2D eigenvalue weighted by molar-refractivity contribution is 5.73. The van der Waals surface area contributed by atoms with Crippen LogP contribution in [-0.4, -0.2) is 29.5 Å². The minimum Gasteiger partial charge on any atom is -0.494 e. The van der Waals surface area contributed by atoms with Gasteiger partial charge in [0, 0.05) is 11.6 Å². The lowest BCUT2D eigenvalue weighted by atomic mass is 10.1. The fourth-order valence-corrected chi connectivity index (χ4v) is 2.02. The molecule has 0 bridgehead atoms. The van der Waals surface area contributed by atoms with Gasteiger partial charge in [0.1, 0.15) is 5.75 Å². The second-order valence-corrected chi connectivity index (χ2v) is 4.66. The maximum absolute atomic E-state index is 11.9. The van der Waals surface area contributed by atoms with E-state index in [-0.39, 0.29) is 5.56 Å². The Morgan fingerprint density at radius 2 is 1.91 bits per heavy atom. The van der Waals surface area contributed by atoms with Gasteiger partial charge < -0.3 is 9.47 Å². The number of carbonyl (C=O) groups excluding carboxylic acids is 1. The van der Waals surface area contributed by atoms with E-state index in [1.807, 2.05) is 31.2 Å². The van der Waals surface area contributed by atoms with Gasteiger partial charge in [-0.05, 0) is 44.2 Å². The average Bonchev–Trinajstić information content (AvgIpc) is 2.55. The number of hydrogen-bond donors (Lipinski definition) is 0. The number of nitrogens with zero attached hydrogens (tertiary/aromatic N) is 2. The van der Waals surface area contributed by atoms with Crippen LogP contribution in [0.5, 0.6) is 5.75 Å². The van der Waals surface area contributed by atoms with Crippen molar-refractivity contribution in [2.45, 2.75) is 19.9 Å². The van der Waals surface area contributed by atoms with Crippen LogP contribution in [0.2, 0.25) is 0 Å². The molecule has 0 amide bonds. The third-order valence-electron chi connectivity index (χ3n) is 3.20. The highest BCUT2D eigenvalue weighted by Crippen LogP contribution is 2.20. The van der Waals surface area contributed by atoms with Crippen LogP contribution >= 0.6 is 0 Å². The number of carbonyl (C=O) groups is 1. The summed E-state index contributed by atoms with van der Waals surface area (Å²) in [4.78, 5) is 23.5. The fraction of sp³-hybridized carbons (Fsp3) is 0.312. The largest absolute Gasteiger partial charge is 0.494 e. The average molecular weight is 302 g/mol. The lowest BCUT2D eigenvalue weighted by Crippen LogP contribution is -2.30. The van der Waals surface area contributed by atoms with Gasteiger partial charge in [-0.25, -0.2) is 9.48 Å². The molecule has 1 aromatic carbocycles. The molecule has 6 heteroatoms. The molecule has 0 unspecified atom stereocenters. The van der Waals surface area contributed by atoms with Crippen molar-refractivity contribution in [3.05, 3.63) is 46.8 Å². The Morgan fingerprint density at radius 1 is 1.23 bits per heavy atom. The van der Waals surface area contributed by atoms with E-state index in [0.717, 1.165) is 16.0 Å². The molecule has 0 N–H and O–H groups in total. The molecule has 1 atom stereocenters.